The number of carbonyl (C=O) groups is 4. The first-order valence-corrected chi connectivity index (χ1v) is 20.4. The number of benzene rings is 2. The maximum Gasteiger partial charge on any atom is 0.407 e. The molecule has 3 aromatic rings. The van der Waals surface area contributed by atoms with Crippen LogP contribution in [0.25, 0.3) is 16.8 Å². The van der Waals surface area contributed by atoms with Crippen LogP contribution in [0.1, 0.15) is 88.4 Å². The maximum atomic E-state index is 13.8. The summed E-state index contributed by atoms with van der Waals surface area (Å²) in [6, 6.07) is 10.1. The number of hydrogen-bond donors (Lipinski definition) is 3. The highest BCUT2D eigenvalue weighted by molar-refractivity contribution is 6.04. The number of alkyl carbamates (subject to hydrolysis) is 2. The molecule has 0 unspecified atom stereocenters. The van der Waals surface area contributed by atoms with Gasteiger partial charge in [-0.3, -0.25) is 14.6 Å². The number of hydrogen-bond acceptors (Lipinski definition) is 11. The van der Waals surface area contributed by atoms with Gasteiger partial charge in [-0.05, 0) is 74.9 Å². The number of aromatic nitrogens is 2. The molecule has 0 saturated carbocycles. The molecular formula is C44H55N7O9. The monoisotopic (exact) mass is 825 g/mol. The number of likely N-dealkylation sites (tertiary alicyclic amines) is 2. The average molecular weight is 826 g/mol. The van der Waals surface area contributed by atoms with E-state index in [4.69, 9.17) is 33.7 Å². The van der Waals surface area contributed by atoms with Crippen molar-refractivity contribution in [1.29, 1.82) is 0 Å². The molecule has 60 heavy (non-hydrogen) atoms. The number of methoxy groups -OCH3 is 4. The number of ether oxygens (including phenoxy) is 5. The van der Waals surface area contributed by atoms with Gasteiger partial charge in [-0.15, -0.1) is 0 Å². The van der Waals surface area contributed by atoms with E-state index < -0.39 is 41.9 Å². The Balaban J connectivity index is 1.05. The van der Waals surface area contributed by atoms with Crippen LogP contribution in [0.5, 0.6) is 11.5 Å². The minimum Gasteiger partial charge on any atom is -0.457 e. The third-order valence-corrected chi connectivity index (χ3v) is 12.5. The largest absolute Gasteiger partial charge is 0.457 e. The highest BCUT2D eigenvalue weighted by Crippen LogP contribution is 2.50. The van der Waals surface area contributed by atoms with Crippen molar-refractivity contribution in [3.8, 4) is 22.8 Å². The summed E-state index contributed by atoms with van der Waals surface area (Å²) < 4.78 is 27.0. The number of nitrogens with zero attached hydrogens (tertiary/aromatic N) is 4. The number of aromatic amines is 1. The Morgan fingerprint density at radius 3 is 2.02 bits per heavy atom. The molecule has 320 valence electrons. The first-order chi connectivity index (χ1) is 28.8. The van der Waals surface area contributed by atoms with Crippen LogP contribution >= 0.6 is 0 Å². The number of amides is 4. The second-order valence-electron chi connectivity index (χ2n) is 16.3. The Morgan fingerprint density at radius 2 is 1.40 bits per heavy atom. The predicted molar refractivity (Wildman–Crippen MR) is 223 cm³/mol. The van der Waals surface area contributed by atoms with Gasteiger partial charge in [0.15, 0.2) is 0 Å². The van der Waals surface area contributed by atoms with Crippen LogP contribution in [-0.2, 0) is 34.0 Å². The quantitative estimate of drug-likeness (QED) is 0.200. The number of H-pyrrole nitrogens is 1. The first kappa shape index (κ1) is 42.4. The minimum absolute atomic E-state index is 0.191. The van der Waals surface area contributed by atoms with E-state index >= 15 is 0 Å². The van der Waals surface area contributed by atoms with Crippen LogP contribution in [0.15, 0.2) is 53.8 Å². The fourth-order valence-corrected chi connectivity index (χ4v) is 8.79. The lowest BCUT2D eigenvalue weighted by Crippen LogP contribution is -2.56. The summed E-state index contributed by atoms with van der Waals surface area (Å²) in [4.78, 5) is 68.3. The van der Waals surface area contributed by atoms with Crippen molar-refractivity contribution in [2.45, 2.75) is 102 Å². The molecule has 0 spiro atoms. The lowest BCUT2D eigenvalue weighted by molar-refractivity contribution is -0.138. The molecule has 7 rings (SSSR count). The van der Waals surface area contributed by atoms with Crippen molar-refractivity contribution in [1.82, 2.24) is 30.4 Å². The Hall–Kier alpha value is -5.74. The molecule has 6 atom stereocenters. The van der Waals surface area contributed by atoms with Gasteiger partial charge < -0.3 is 49.1 Å². The van der Waals surface area contributed by atoms with Gasteiger partial charge in [0.1, 0.15) is 29.4 Å². The van der Waals surface area contributed by atoms with Crippen LogP contribution < -0.4 is 15.4 Å². The van der Waals surface area contributed by atoms with E-state index in [-0.39, 0.29) is 23.9 Å². The number of nitrogens with one attached hydrogen (secondary N) is 3. The van der Waals surface area contributed by atoms with E-state index in [1.165, 1.54) is 28.4 Å². The average Bonchev–Trinajstić information content (AvgIpc) is 4.10. The second-order valence-corrected chi connectivity index (χ2v) is 16.3. The highest BCUT2D eigenvalue weighted by atomic mass is 16.5. The molecule has 2 saturated heterocycles. The molecule has 2 fully saturated rings. The normalized spacial score (nSPS) is 21.1. The Morgan fingerprint density at radius 1 is 0.800 bits per heavy atom. The Kier molecular flexibility index (Phi) is 12.3. The van der Waals surface area contributed by atoms with Gasteiger partial charge in [0.2, 0.25) is 11.8 Å². The Labute approximate surface area is 350 Å². The molecule has 16 heteroatoms. The summed E-state index contributed by atoms with van der Waals surface area (Å²) in [5.41, 5.74) is 6.35. The number of allylic oxidation sites excluding steroid dienone is 1. The van der Waals surface area contributed by atoms with Gasteiger partial charge in [0.05, 0.1) is 50.4 Å². The van der Waals surface area contributed by atoms with Crippen molar-refractivity contribution in [3.05, 3.63) is 71.3 Å². The van der Waals surface area contributed by atoms with E-state index in [0.717, 1.165) is 76.4 Å². The SMILES string of the molecule is COC(=O)N[C@H](C(=O)N1CCC[C@H]1C1=NC=C(c2ccc3c(c2)Oc2ccc(-c4cnc([C@@H]5CCCN5C(=O)[C@@H](NC(=O)OC)[C@@H](C)OC)[nH]4)cc2C3(C)C)C1)[C@@H](C)OC. The number of imidazole rings is 1. The molecule has 1 aromatic heterocycles. The summed E-state index contributed by atoms with van der Waals surface area (Å²) in [5, 5.41) is 5.28. The fourth-order valence-electron chi connectivity index (χ4n) is 8.79. The van der Waals surface area contributed by atoms with E-state index in [1.807, 2.05) is 18.3 Å². The standard InChI is InChI=1S/C44H55N7O9/c1-24(56-5)37(48-42(54)58-7)40(52)50-17-9-11-33(50)31-20-28(22-45-31)26-13-15-29-36(21-26)60-35-16-14-27(19-30(35)44(29,3)4)32-23-46-39(47-32)34-12-10-18-51(34)41(53)38(25(2)57-6)49-43(55)59-8/h13-16,19,21-25,33-34,37-38H,9-12,17-18,20H2,1-8H3,(H,46,47)(H,48,54)(H,49,55)/t24-,25-,33+,34+,37+,38+/m1/s1. The zero-order valence-electron chi connectivity index (χ0n) is 35.5. The van der Waals surface area contributed by atoms with Crippen molar-refractivity contribution in [3.63, 3.8) is 0 Å². The van der Waals surface area contributed by atoms with E-state index in [9.17, 15) is 19.2 Å². The van der Waals surface area contributed by atoms with Crippen LogP contribution in [0.3, 0.4) is 0 Å². The van der Waals surface area contributed by atoms with Gasteiger partial charge in [0.25, 0.3) is 0 Å². The van der Waals surface area contributed by atoms with E-state index in [1.54, 1.807) is 29.8 Å². The van der Waals surface area contributed by atoms with Gasteiger partial charge in [-0.2, -0.15) is 0 Å². The Bertz CT molecular complexity index is 2200. The summed E-state index contributed by atoms with van der Waals surface area (Å²) in [5.74, 6) is 1.72. The highest BCUT2D eigenvalue weighted by Gasteiger charge is 2.41. The first-order valence-electron chi connectivity index (χ1n) is 20.4. The smallest absolute Gasteiger partial charge is 0.407 e. The third kappa shape index (κ3) is 8.09. The van der Waals surface area contributed by atoms with E-state index in [2.05, 4.69) is 53.7 Å². The van der Waals surface area contributed by atoms with Crippen molar-refractivity contribution in [2.75, 3.05) is 41.5 Å². The topological polar surface area (TPSA) is 186 Å². The molecule has 4 aliphatic rings. The summed E-state index contributed by atoms with van der Waals surface area (Å²) in [7, 11) is 5.53. The number of aliphatic imine (C=N–C) groups is 1. The summed E-state index contributed by atoms with van der Waals surface area (Å²) >= 11 is 0. The number of fused-ring (bicyclic) bond motifs is 2. The van der Waals surface area contributed by atoms with Gasteiger partial charge in [0, 0.05) is 67.7 Å². The van der Waals surface area contributed by atoms with E-state index in [0.29, 0.717) is 25.3 Å². The lowest BCUT2D eigenvalue weighted by atomic mass is 9.75. The van der Waals surface area contributed by atoms with Gasteiger partial charge in [-0.1, -0.05) is 26.0 Å². The van der Waals surface area contributed by atoms with Gasteiger partial charge >= 0.3 is 12.2 Å². The van der Waals surface area contributed by atoms with Crippen molar-refractivity contribution in [2.24, 2.45) is 4.99 Å². The number of rotatable bonds is 12. The van der Waals surface area contributed by atoms with Crippen LogP contribution in [0, 0.1) is 0 Å². The second kappa shape index (κ2) is 17.5. The fraction of sp³-hybridized carbons (Fsp3) is 0.500. The van der Waals surface area contributed by atoms with Crippen molar-refractivity contribution < 1.29 is 42.9 Å². The summed E-state index contributed by atoms with van der Waals surface area (Å²) in [6.07, 6.45) is 4.87. The molecule has 3 N–H and O–H groups in total. The minimum atomic E-state index is -0.914. The third-order valence-electron chi connectivity index (χ3n) is 12.5. The zero-order valence-corrected chi connectivity index (χ0v) is 35.5. The van der Waals surface area contributed by atoms with Crippen molar-refractivity contribution >= 4 is 35.3 Å². The molecule has 2 aromatic carbocycles. The molecule has 4 amide bonds. The summed E-state index contributed by atoms with van der Waals surface area (Å²) in [6.45, 7) is 8.94. The maximum absolute atomic E-state index is 13.8. The van der Waals surface area contributed by atoms with Crippen LogP contribution in [-0.4, -0.2) is 121 Å². The molecule has 0 radical (unpaired) electrons. The lowest BCUT2D eigenvalue weighted by Gasteiger charge is -2.35. The molecule has 0 bridgehead atoms. The molecule has 4 aliphatic heterocycles. The molecule has 0 aliphatic carbocycles. The predicted octanol–water partition coefficient (Wildman–Crippen LogP) is 5.87. The molecule has 5 heterocycles. The molecular weight excluding hydrogens is 771 g/mol. The molecule has 16 nitrogen and oxygen atoms in total. The van der Waals surface area contributed by atoms with Crippen LogP contribution in [0.4, 0.5) is 9.59 Å². The van der Waals surface area contributed by atoms with Crippen LogP contribution in [0.2, 0.25) is 0 Å². The number of carbonyl (C=O) groups excluding carboxylic acids is 4. The zero-order chi connectivity index (χ0) is 42.9. The van der Waals surface area contributed by atoms with Gasteiger partial charge in [-0.25, -0.2) is 14.6 Å².